The highest BCUT2D eigenvalue weighted by atomic mass is 19.1. The molecule has 1 fully saturated rings. The Morgan fingerprint density at radius 3 is 2.75 bits per heavy atom. The molecule has 1 saturated heterocycles. The number of likely N-dealkylation sites (tertiary alicyclic amines) is 1. The van der Waals surface area contributed by atoms with Crippen LogP contribution in [0.15, 0.2) is 23.1 Å². The minimum Gasteiger partial charge on any atom is -0.424 e. The van der Waals surface area contributed by atoms with E-state index in [9.17, 15) is 4.39 Å². The molecule has 0 spiro atoms. The topological polar surface area (TPSA) is 71.2 Å². The average Bonchev–Trinajstić information content (AvgIpc) is 3.15. The molecule has 0 saturated carbocycles. The maximum absolute atomic E-state index is 13.9. The van der Waals surface area contributed by atoms with E-state index in [0.717, 1.165) is 18.5 Å². The van der Waals surface area contributed by atoms with Crippen molar-refractivity contribution in [3.05, 3.63) is 36.1 Å². The van der Waals surface area contributed by atoms with E-state index in [1.807, 2.05) is 14.0 Å². The molecule has 2 aromatic rings. The van der Waals surface area contributed by atoms with Crippen LogP contribution in [0.4, 0.5) is 4.39 Å². The third-order valence-electron chi connectivity index (χ3n) is 4.22. The summed E-state index contributed by atoms with van der Waals surface area (Å²) in [5.74, 6) is 1.25. The van der Waals surface area contributed by atoms with Crippen LogP contribution in [-0.4, -0.2) is 62.3 Å². The van der Waals surface area contributed by atoms with Crippen molar-refractivity contribution < 1.29 is 8.81 Å². The van der Waals surface area contributed by atoms with Crippen molar-refractivity contribution in [2.24, 2.45) is 0 Å². The molecule has 0 aliphatic carbocycles. The summed E-state index contributed by atoms with van der Waals surface area (Å²) in [6.45, 7) is 4.42. The summed E-state index contributed by atoms with van der Waals surface area (Å²) in [4.78, 5) is 12.3. The Kier molecular flexibility index (Phi) is 5.47. The molecule has 0 amide bonds. The lowest BCUT2D eigenvalue weighted by Crippen LogP contribution is -2.38. The summed E-state index contributed by atoms with van der Waals surface area (Å²) < 4.78 is 19.5. The minimum absolute atomic E-state index is 0.152. The zero-order valence-corrected chi connectivity index (χ0v) is 14.1. The van der Waals surface area contributed by atoms with Gasteiger partial charge in [-0.3, -0.25) is 9.80 Å². The van der Waals surface area contributed by atoms with Gasteiger partial charge >= 0.3 is 0 Å². The summed E-state index contributed by atoms with van der Waals surface area (Å²) in [6, 6.07) is 0.152. The van der Waals surface area contributed by atoms with Gasteiger partial charge in [-0.15, -0.1) is 10.2 Å². The van der Waals surface area contributed by atoms with Gasteiger partial charge in [0.05, 0.1) is 6.54 Å². The number of likely N-dealkylation sites (N-methyl/N-ethyl adjacent to an activating group) is 1. The van der Waals surface area contributed by atoms with E-state index >= 15 is 0 Å². The van der Waals surface area contributed by atoms with E-state index in [-0.39, 0.29) is 6.04 Å². The number of aryl methyl sites for hydroxylation is 1. The molecule has 0 bridgehead atoms. The molecule has 7 nitrogen and oxygen atoms in total. The molecule has 0 radical (unpaired) electrons. The van der Waals surface area contributed by atoms with Gasteiger partial charge in [-0.1, -0.05) is 6.92 Å². The van der Waals surface area contributed by atoms with Crippen molar-refractivity contribution in [1.82, 2.24) is 30.0 Å². The molecule has 8 heteroatoms. The zero-order chi connectivity index (χ0) is 16.9. The first-order valence-corrected chi connectivity index (χ1v) is 8.25. The van der Waals surface area contributed by atoms with E-state index in [2.05, 4.69) is 30.0 Å². The Hall–Kier alpha value is -1.93. The van der Waals surface area contributed by atoms with Gasteiger partial charge in [0.1, 0.15) is 12.5 Å². The molecule has 130 valence electrons. The fourth-order valence-electron chi connectivity index (χ4n) is 3.10. The number of rotatable bonds is 7. The summed E-state index contributed by atoms with van der Waals surface area (Å²) in [7, 11) is 1.99. The summed E-state index contributed by atoms with van der Waals surface area (Å²) in [5.41, 5.74) is 1.00. The Morgan fingerprint density at radius 2 is 2.04 bits per heavy atom. The molecule has 1 aliphatic heterocycles. The lowest BCUT2D eigenvalue weighted by molar-refractivity contribution is 0.172. The lowest BCUT2D eigenvalue weighted by Gasteiger charge is -2.27. The molecule has 3 heterocycles. The van der Waals surface area contributed by atoms with E-state index in [1.165, 1.54) is 6.33 Å². The SMILES string of the molecule is CCc1nnc(CN(C)C[C@@H]2C[C@H](F)CN2Cc2cncnc2)o1. The zero-order valence-electron chi connectivity index (χ0n) is 14.1. The van der Waals surface area contributed by atoms with Gasteiger partial charge in [0.2, 0.25) is 11.8 Å². The van der Waals surface area contributed by atoms with E-state index in [4.69, 9.17) is 4.42 Å². The molecule has 3 rings (SSSR count). The normalized spacial score (nSPS) is 21.7. The first-order valence-electron chi connectivity index (χ1n) is 8.25. The van der Waals surface area contributed by atoms with Gasteiger partial charge in [-0.2, -0.15) is 0 Å². The van der Waals surface area contributed by atoms with Crippen molar-refractivity contribution in [1.29, 1.82) is 0 Å². The number of hydrogen-bond acceptors (Lipinski definition) is 7. The predicted molar refractivity (Wildman–Crippen MR) is 85.8 cm³/mol. The third kappa shape index (κ3) is 4.33. The fourth-order valence-corrected chi connectivity index (χ4v) is 3.10. The second kappa shape index (κ2) is 7.76. The lowest BCUT2D eigenvalue weighted by atomic mass is 10.2. The van der Waals surface area contributed by atoms with Crippen molar-refractivity contribution in [3.63, 3.8) is 0 Å². The smallest absolute Gasteiger partial charge is 0.230 e. The number of hydrogen-bond donors (Lipinski definition) is 0. The molecule has 0 N–H and O–H groups in total. The highest BCUT2D eigenvalue weighted by molar-refractivity contribution is 5.04. The molecule has 2 aromatic heterocycles. The number of aromatic nitrogens is 4. The Balaban J connectivity index is 1.57. The molecule has 0 aromatic carbocycles. The largest absolute Gasteiger partial charge is 0.424 e. The number of nitrogens with zero attached hydrogens (tertiary/aromatic N) is 6. The van der Waals surface area contributed by atoms with Gasteiger partial charge in [0, 0.05) is 50.1 Å². The number of halogens is 1. The average molecular weight is 334 g/mol. The van der Waals surface area contributed by atoms with Crippen LogP contribution < -0.4 is 0 Å². The van der Waals surface area contributed by atoms with Crippen molar-refractivity contribution in [2.75, 3.05) is 20.1 Å². The minimum atomic E-state index is -0.789. The monoisotopic (exact) mass is 334 g/mol. The molecule has 2 atom stereocenters. The van der Waals surface area contributed by atoms with Crippen molar-refractivity contribution in [3.8, 4) is 0 Å². The first-order chi connectivity index (χ1) is 11.6. The first kappa shape index (κ1) is 16.9. The van der Waals surface area contributed by atoms with Gasteiger partial charge < -0.3 is 4.42 Å². The molecule has 1 aliphatic rings. The van der Waals surface area contributed by atoms with Crippen LogP contribution in [0.5, 0.6) is 0 Å². The summed E-state index contributed by atoms with van der Waals surface area (Å²) in [5, 5.41) is 8.02. The molecule has 0 unspecified atom stereocenters. The highest BCUT2D eigenvalue weighted by Gasteiger charge is 2.32. The van der Waals surface area contributed by atoms with E-state index in [0.29, 0.717) is 37.8 Å². The number of alkyl halides is 1. The molecular formula is C16H23FN6O. The Labute approximate surface area is 140 Å². The molecular weight excluding hydrogens is 311 g/mol. The second-order valence-corrected chi connectivity index (χ2v) is 6.30. The van der Waals surface area contributed by atoms with Crippen LogP contribution in [0, 0.1) is 0 Å². The van der Waals surface area contributed by atoms with Gasteiger partial charge in [-0.25, -0.2) is 14.4 Å². The van der Waals surface area contributed by atoms with Crippen LogP contribution in [-0.2, 0) is 19.5 Å². The van der Waals surface area contributed by atoms with E-state index in [1.54, 1.807) is 12.4 Å². The van der Waals surface area contributed by atoms with Crippen LogP contribution in [0.3, 0.4) is 0 Å². The van der Waals surface area contributed by atoms with Crippen LogP contribution >= 0.6 is 0 Å². The maximum atomic E-state index is 13.9. The van der Waals surface area contributed by atoms with Crippen molar-refractivity contribution >= 4 is 0 Å². The molecule has 24 heavy (non-hydrogen) atoms. The predicted octanol–water partition coefficient (Wildman–Crippen LogP) is 1.47. The van der Waals surface area contributed by atoms with Crippen LogP contribution in [0.1, 0.15) is 30.7 Å². The highest BCUT2D eigenvalue weighted by Crippen LogP contribution is 2.23. The van der Waals surface area contributed by atoms with Crippen LogP contribution in [0.25, 0.3) is 0 Å². The van der Waals surface area contributed by atoms with E-state index < -0.39 is 6.17 Å². The maximum Gasteiger partial charge on any atom is 0.230 e. The second-order valence-electron chi connectivity index (χ2n) is 6.30. The Morgan fingerprint density at radius 1 is 1.29 bits per heavy atom. The Bertz CT molecular complexity index is 637. The van der Waals surface area contributed by atoms with Gasteiger partial charge in [-0.05, 0) is 13.5 Å². The summed E-state index contributed by atoms with van der Waals surface area (Å²) >= 11 is 0. The van der Waals surface area contributed by atoms with Crippen molar-refractivity contribution in [2.45, 2.75) is 45.1 Å². The summed E-state index contributed by atoms with van der Waals surface area (Å²) in [6.07, 6.45) is 5.56. The van der Waals surface area contributed by atoms with Gasteiger partial charge in [0.15, 0.2) is 0 Å². The third-order valence-corrected chi connectivity index (χ3v) is 4.22. The quantitative estimate of drug-likeness (QED) is 0.759. The van der Waals surface area contributed by atoms with Crippen LogP contribution in [0.2, 0.25) is 0 Å². The standard InChI is InChI=1S/C16H23FN6O/c1-3-15-20-21-16(24-15)10-22(2)9-14-4-13(17)8-23(14)7-12-5-18-11-19-6-12/h5-6,11,13-14H,3-4,7-10H2,1-2H3/t13-,14-/m0/s1. The fraction of sp³-hybridized carbons (Fsp3) is 0.625. The van der Waals surface area contributed by atoms with Gasteiger partial charge in [0.25, 0.3) is 0 Å².